The summed E-state index contributed by atoms with van der Waals surface area (Å²) in [5.41, 5.74) is 3.09. The molecule has 2 aromatic rings. The molecule has 0 radical (unpaired) electrons. The Balaban J connectivity index is 2.61. The minimum absolute atomic E-state index is 0.0769. The van der Waals surface area contributed by atoms with Crippen molar-refractivity contribution in [3.63, 3.8) is 0 Å². The molecule has 0 bridgehead atoms. The highest BCUT2D eigenvalue weighted by Crippen LogP contribution is 2.41. The molecule has 0 saturated heterocycles. The zero-order chi connectivity index (χ0) is 16.8. The molecule has 0 heterocycles. The summed E-state index contributed by atoms with van der Waals surface area (Å²) in [6.07, 6.45) is 0.758. The number of aliphatic hydroxyl groups excluding tert-OH is 1. The van der Waals surface area contributed by atoms with Gasteiger partial charge in [0.25, 0.3) is 0 Å². The van der Waals surface area contributed by atoms with Crippen molar-refractivity contribution in [1.29, 1.82) is 0 Å². The Morgan fingerprint density at radius 1 is 0.826 bits per heavy atom. The van der Waals surface area contributed by atoms with Gasteiger partial charge in [0.15, 0.2) is 0 Å². The average Bonchev–Trinajstić information content (AvgIpc) is 2.48. The van der Waals surface area contributed by atoms with Crippen LogP contribution in [0.1, 0.15) is 33.3 Å². The highest BCUT2D eigenvalue weighted by atomic mass is 16.5. The molecule has 3 nitrogen and oxygen atoms in total. The van der Waals surface area contributed by atoms with Gasteiger partial charge in [-0.15, -0.1) is 0 Å². The Labute approximate surface area is 138 Å². The molecule has 0 unspecified atom stereocenters. The largest absolute Gasteiger partial charge is 0.490 e. The van der Waals surface area contributed by atoms with Crippen LogP contribution < -0.4 is 9.47 Å². The maximum Gasteiger partial charge on any atom is 0.131 e. The summed E-state index contributed by atoms with van der Waals surface area (Å²) in [4.78, 5) is 0. The van der Waals surface area contributed by atoms with Crippen LogP contribution in [0.4, 0.5) is 0 Å². The smallest absolute Gasteiger partial charge is 0.131 e. The summed E-state index contributed by atoms with van der Waals surface area (Å²) in [5, 5.41) is 9.36. The van der Waals surface area contributed by atoms with Crippen LogP contribution >= 0.6 is 0 Å². The quantitative estimate of drug-likeness (QED) is 0.820. The molecule has 0 aromatic heterocycles. The van der Waals surface area contributed by atoms with E-state index in [1.807, 2.05) is 64.1 Å². The predicted octanol–water partition coefficient (Wildman–Crippen LogP) is 4.46. The van der Waals surface area contributed by atoms with E-state index in [9.17, 15) is 5.11 Å². The molecule has 23 heavy (non-hydrogen) atoms. The van der Waals surface area contributed by atoms with Gasteiger partial charge in [-0.2, -0.15) is 0 Å². The van der Waals surface area contributed by atoms with E-state index in [1.165, 1.54) is 0 Å². The molecule has 0 saturated carbocycles. The molecular formula is C20H26O3. The van der Waals surface area contributed by atoms with Crippen LogP contribution in [0.15, 0.2) is 42.5 Å². The van der Waals surface area contributed by atoms with Gasteiger partial charge < -0.3 is 14.6 Å². The van der Waals surface area contributed by atoms with Crippen molar-refractivity contribution in [1.82, 2.24) is 0 Å². The molecule has 1 N–H and O–H groups in total. The van der Waals surface area contributed by atoms with E-state index in [1.54, 1.807) is 0 Å². The van der Waals surface area contributed by atoms with Crippen molar-refractivity contribution in [2.75, 3.05) is 6.61 Å². The number of hydrogen-bond donors (Lipinski definition) is 1. The second kappa shape index (κ2) is 8.02. The Hall–Kier alpha value is -2.00. The monoisotopic (exact) mass is 314 g/mol. The number of hydrogen-bond acceptors (Lipinski definition) is 3. The molecule has 2 rings (SSSR count). The van der Waals surface area contributed by atoms with Gasteiger partial charge in [0.05, 0.1) is 17.8 Å². The van der Waals surface area contributed by atoms with E-state index in [-0.39, 0.29) is 18.8 Å². The standard InChI is InChI=1S/C20H26O3/c1-14(2)22-18-10-7-11-19(23-15(3)4)20(18)17-9-6-5-8-16(17)12-13-21/h5-11,14-15,21H,12-13H2,1-4H3. The fourth-order valence-electron chi connectivity index (χ4n) is 2.58. The van der Waals surface area contributed by atoms with E-state index in [0.717, 1.165) is 28.2 Å². The summed E-state index contributed by atoms with van der Waals surface area (Å²) in [7, 11) is 0. The van der Waals surface area contributed by atoms with Gasteiger partial charge in [-0.25, -0.2) is 0 Å². The Bertz CT molecular complexity index is 604. The second-order valence-corrected chi connectivity index (χ2v) is 6.09. The summed E-state index contributed by atoms with van der Waals surface area (Å²) in [6.45, 7) is 8.17. The molecule has 0 aliphatic rings. The summed E-state index contributed by atoms with van der Waals surface area (Å²) < 4.78 is 12.0. The van der Waals surface area contributed by atoms with Crippen LogP contribution in [-0.4, -0.2) is 23.9 Å². The Kier molecular flexibility index (Phi) is 6.05. The maximum atomic E-state index is 9.36. The highest BCUT2D eigenvalue weighted by molar-refractivity contribution is 5.79. The van der Waals surface area contributed by atoms with E-state index >= 15 is 0 Å². The van der Waals surface area contributed by atoms with Gasteiger partial charge >= 0.3 is 0 Å². The molecule has 3 heteroatoms. The number of rotatable bonds is 7. The van der Waals surface area contributed by atoms with Crippen molar-refractivity contribution in [2.24, 2.45) is 0 Å². The summed E-state index contributed by atoms with van der Waals surface area (Å²) >= 11 is 0. The van der Waals surface area contributed by atoms with Gasteiger partial charge in [0.2, 0.25) is 0 Å². The normalized spacial score (nSPS) is 11.1. The van der Waals surface area contributed by atoms with Crippen molar-refractivity contribution < 1.29 is 14.6 Å². The van der Waals surface area contributed by atoms with Gasteiger partial charge in [0.1, 0.15) is 11.5 Å². The van der Waals surface area contributed by atoms with E-state index in [4.69, 9.17) is 9.47 Å². The van der Waals surface area contributed by atoms with Crippen molar-refractivity contribution in [2.45, 2.75) is 46.3 Å². The average molecular weight is 314 g/mol. The molecule has 2 aromatic carbocycles. The minimum Gasteiger partial charge on any atom is -0.490 e. The second-order valence-electron chi connectivity index (χ2n) is 6.09. The first-order valence-corrected chi connectivity index (χ1v) is 8.18. The lowest BCUT2D eigenvalue weighted by Gasteiger charge is -2.21. The zero-order valence-electron chi connectivity index (χ0n) is 14.4. The number of benzene rings is 2. The van der Waals surface area contributed by atoms with Gasteiger partial charge in [-0.1, -0.05) is 30.3 Å². The third-order valence-corrected chi connectivity index (χ3v) is 3.38. The van der Waals surface area contributed by atoms with Gasteiger partial charge in [0, 0.05) is 6.61 Å². The van der Waals surface area contributed by atoms with Crippen LogP contribution in [0.5, 0.6) is 11.5 Å². The van der Waals surface area contributed by atoms with E-state index < -0.39 is 0 Å². The predicted molar refractivity (Wildman–Crippen MR) is 94.2 cm³/mol. The Morgan fingerprint density at radius 3 is 1.91 bits per heavy atom. The molecule has 0 amide bonds. The number of aliphatic hydroxyl groups is 1. The zero-order valence-corrected chi connectivity index (χ0v) is 14.4. The number of ether oxygens (including phenoxy) is 2. The first-order valence-electron chi connectivity index (χ1n) is 8.18. The summed E-state index contributed by atoms with van der Waals surface area (Å²) in [6, 6.07) is 14.0. The fourth-order valence-corrected chi connectivity index (χ4v) is 2.58. The van der Waals surface area contributed by atoms with Crippen LogP contribution in [-0.2, 0) is 6.42 Å². The van der Waals surface area contributed by atoms with Crippen molar-refractivity contribution in [3.05, 3.63) is 48.0 Å². The molecular weight excluding hydrogens is 288 g/mol. The fraction of sp³-hybridized carbons (Fsp3) is 0.400. The lowest BCUT2D eigenvalue weighted by Crippen LogP contribution is -2.10. The van der Waals surface area contributed by atoms with E-state index in [0.29, 0.717) is 6.42 Å². The van der Waals surface area contributed by atoms with Crippen molar-refractivity contribution in [3.8, 4) is 22.6 Å². The molecule has 0 aliphatic carbocycles. The molecule has 0 spiro atoms. The Morgan fingerprint density at radius 2 is 1.39 bits per heavy atom. The topological polar surface area (TPSA) is 38.7 Å². The van der Waals surface area contributed by atoms with Crippen LogP contribution in [0.25, 0.3) is 11.1 Å². The molecule has 0 atom stereocenters. The first kappa shape index (κ1) is 17.4. The third kappa shape index (κ3) is 4.49. The molecule has 124 valence electrons. The van der Waals surface area contributed by atoms with Crippen LogP contribution in [0.2, 0.25) is 0 Å². The lowest BCUT2D eigenvalue weighted by atomic mass is 9.96. The van der Waals surface area contributed by atoms with Gasteiger partial charge in [-0.3, -0.25) is 0 Å². The van der Waals surface area contributed by atoms with Crippen LogP contribution in [0, 0.1) is 0 Å². The summed E-state index contributed by atoms with van der Waals surface area (Å²) in [5.74, 6) is 1.62. The van der Waals surface area contributed by atoms with Gasteiger partial charge in [-0.05, 0) is 57.4 Å². The van der Waals surface area contributed by atoms with E-state index in [2.05, 4.69) is 6.07 Å². The SMILES string of the molecule is CC(C)Oc1cccc(OC(C)C)c1-c1ccccc1CCO. The third-order valence-electron chi connectivity index (χ3n) is 3.38. The lowest BCUT2D eigenvalue weighted by molar-refractivity contribution is 0.231. The maximum absolute atomic E-state index is 9.36. The molecule has 0 fully saturated rings. The highest BCUT2D eigenvalue weighted by Gasteiger charge is 2.17. The van der Waals surface area contributed by atoms with Crippen LogP contribution in [0.3, 0.4) is 0 Å². The first-order chi connectivity index (χ1) is 11.0. The minimum atomic E-state index is 0.0769. The molecule has 0 aliphatic heterocycles. The van der Waals surface area contributed by atoms with Crippen molar-refractivity contribution >= 4 is 0 Å².